The molecular weight excluding hydrogens is 192 g/mol. The number of esters is 1. The van der Waals surface area contributed by atoms with Crippen LogP contribution in [0.4, 0.5) is 5.69 Å². The summed E-state index contributed by atoms with van der Waals surface area (Å²) in [5, 5.41) is 3.80. The molecule has 0 bridgehead atoms. The second-order valence-corrected chi connectivity index (χ2v) is 2.89. The number of carbonyl (C=O) groups excluding carboxylic acids is 1. The topological polar surface area (TPSA) is 50.7 Å². The van der Waals surface area contributed by atoms with Crippen LogP contribution in [0.15, 0.2) is 29.3 Å². The van der Waals surface area contributed by atoms with Gasteiger partial charge in [0.15, 0.2) is 0 Å². The fourth-order valence-corrected chi connectivity index (χ4v) is 1.23. The molecule has 0 radical (unpaired) electrons. The molecule has 0 aliphatic heterocycles. The summed E-state index contributed by atoms with van der Waals surface area (Å²) in [5.41, 5.74) is 1.37. The van der Waals surface area contributed by atoms with Crippen molar-refractivity contribution in [2.45, 2.75) is 0 Å². The molecule has 0 unspecified atom stereocenters. The Bertz CT molecular complexity index is 427. The van der Waals surface area contributed by atoms with Gasteiger partial charge in [-0.15, -0.1) is 0 Å². The Morgan fingerprint density at radius 3 is 2.53 bits per heavy atom. The van der Waals surface area contributed by atoms with Crippen LogP contribution in [0.5, 0.6) is 0 Å². The van der Waals surface area contributed by atoms with Gasteiger partial charge < -0.3 is 10.1 Å². The van der Waals surface area contributed by atoms with Crippen LogP contribution in [0.25, 0.3) is 0 Å². The maximum Gasteiger partial charge on any atom is 0.337 e. The lowest BCUT2D eigenvalue weighted by Crippen LogP contribution is -2.05. The van der Waals surface area contributed by atoms with E-state index >= 15 is 0 Å². The molecule has 0 saturated heterocycles. The van der Waals surface area contributed by atoms with E-state index in [1.165, 1.54) is 7.11 Å². The fourth-order valence-electron chi connectivity index (χ4n) is 1.23. The van der Waals surface area contributed by atoms with Crippen molar-refractivity contribution in [2.24, 2.45) is 4.99 Å². The van der Waals surface area contributed by atoms with Crippen molar-refractivity contribution in [2.75, 3.05) is 26.5 Å². The summed E-state index contributed by atoms with van der Waals surface area (Å²) in [6.07, 6.45) is 0. The number of carbonyl (C=O) groups is 1. The van der Waals surface area contributed by atoms with E-state index in [9.17, 15) is 4.79 Å². The van der Waals surface area contributed by atoms with Gasteiger partial charge in [-0.05, 0) is 24.3 Å². The van der Waals surface area contributed by atoms with Crippen LogP contribution in [0.1, 0.15) is 10.4 Å². The third kappa shape index (κ3) is 2.56. The van der Waals surface area contributed by atoms with Crippen LogP contribution in [0.3, 0.4) is 0 Å². The zero-order chi connectivity index (χ0) is 11.3. The van der Waals surface area contributed by atoms with E-state index in [4.69, 9.17) is 0 Å². The Morgan fingerprint density at radius 1 is 1.33 bits per heavy atom. The minimum atomic E-state index is -0.352. The van der Waals surface area contributed by atoms with Crippen molar-refractivity contribution in [3.05, 3.63) is 35.2 Å². The van der Waals surface area contributed by atoms with Crippen LogP contribution in [-0.4, -0.2) is 27.2 Å². The lowest BCUT2D eigenvalue weighted by molar-refractivity contribution is 0.0601. The Hall–Kier alpha value is -1.84. The molecule has 0 atom stereocenters. The first-order valence-corrected chi connectivity index (χ1v) is 4.56. The first kappa shape index (κ1) is 11.2. The van der Waals surface area contributed by atoms with Gasteiger partial charge in [0.05, 0.1) is 23.7 Å². The molecule has 1 aromatic carbocycles. The molecule has 0 aromatic heterocycles. The first-order chi connectivity index (χ1) is 7.22. The number of ether oxygens (including phenoxy) is 1. The Kier molecular flexibility index (Phi) is 3.85. The summed E-state index contributed by atoms with van der Waals surface area (Å²) >= 11 is 0. The first-order valence-electron chi connectivity index (χ1n) is 4.56. The monoisotopic (exact) mass is 206 g/mol. The van der Waals surface area contributed by atoms with Crippen LogP contribution < -0.4 is 10.7 Å². The van der Waals surface area contributed by atoms with Gasteiger partial charge in [-0.3, -0.25) is 4.99 Å². The molecule has 0 aliphatic carbocycles. The minimum absolute atomic E-state index is 0.352. The summed E-state index contributed by atoms with van der Waals surface area (Å²) < 4.78 is 4.63. The predicted molar refractivity (Wildman–Crippen MR) is 58.8 cm³/mol. The minimum Gasteiger partial charge on any atom is -0.465 e. The van der Waals surface area contributed by atoms with Crippen molar-refractivity contribution in [3.8, 4) is 0 Å². The van der Waals surface area contributed by atoms with Crippen LogP contribution in [-0.2, 0) is 4.74 Å². The highest BCUT2D eigenvalue weighted by Crippen LogP contribution is 2.02. The molecule has 0 heterocycles. The van der Waals surface area contributed by atoms with Gasteiger partial charge in [0.25, 0.3) is 0 Å². The Morgan fingerprint density at radius 2 is 2.00 bits per heavy atom. The second-order valence-electron chi connectivity index (χ2n) is 2.89. The van der Waals surface area contributed by atoms with Gasteiger partial charge in [0, 0.05) is 14.1 Å². The van der Waals surface area contributed by atoms with Gasteiger partial charge in [-0.2, -0.15) is 0 Å². The number of rotatable bonds is 2. The maximum absolute atomic E-state index is 11.3. The van der Waals surface area contributed by atoms with Crippen molar-refractivity contribution >= 4 is 11.7 Å². The molecule has 0 aliphatic rings. The molecule has 15 heavy (non-hydrogen) atoms. The molecule has 0 saturated carbocycles. The normalized spacial score (nSPS) is 11.0. The molecular formula is C11H14N2O2. The maximum atomic E-state index is 11.3. The van der Waals surface area contributed by atoms with Crippen LogP contribution in [0.2, 0.25) is 0 Å². The third-order valence-corrected chi connectivity index (χ3v) is 2.06. The Balaban J connectivity index is 3.32. The molecule has 0 spiro atoms. The molecule has 4 heteroatoms. The average Bonchev–Trinajstić information content (AvgIpc) is 2.49. The molecule has 1 rings (SSSR count). The zero-order valence-corrected chi connectivity index (χ0v) is 9.07. The number of hydrogen-bond donors (Lipinski definition) is 1. The molecule has 0 amide bonds. The molecule has 80 valence electrons. The van der Waals surface area contributed by atoms with E-state index in [0.29, 0.717) is 5.56 Å². The summed E-state index contributed by atoms with van der Waals surface area (Å²) in [5.74, 6) is -0.352. The quantitative estimate of drug-likeness (QED) is 0.736. The van der Waals surface area contributed by atoms with Gasteiger partial charge in [-0.25, -0.2) is 4.79 Å². The van der Waals surface area contributed by atoms with E-state index < -0.39 is 0 Å². The Labute approximate surface area is 88.6 Å². The lowest BCUT2D eigenvalue weighted by atomic mass is 10.3. The number of nitrogens with zero attached hydrogens (tertiary/aromatic N) is 1. The van der Waals surface area contributed by atoms with Gasteiger partial charge in [-0.1, -0.05) is 0 Å². The van der Waals surface area contributed by atoms with Crippen molar-refractivity contribution in [1.82, 2.24) is 0 Å². The van der Waals surface area contributed by atoms with Crippen LogP contribution in [0, 0.1) is 0 Å². The molecule has 4 nitrogen and oxygen atoms in total. The van der Waals surface area contributed by atoms with E-state index in [-0.39, 0.29) is 5.97 Å². The van der Waals surface area contributed by atoms with Gasteiger partial charge >= 0.3 is 5.97 Å². The van der Waals surface area contributed by atoms with E-state index in [2.05, 4.69) is 15.0 Å². The summed E-state index contributed by atoms with van der Waals surface area (Å²) in [6, 6.07) is 6.97. The van der Waals surface area contributed by atoms with Crippen LogP contribution >= 0.6 is 0 Å². The number of nitrogens with one attached hydrogen (secondary N) is 1. The largest absolute Gasteiger partial charge is 0.465 e. The zero-order valence-electron chi connectivity index (χ0n) is 9.07. The van der Waals surface area contributed by atoms with Gasteiger partial charge in [0.2, 0.25) is 0 Å². The standard InChI is InChI=1S/C11H14N2O2/c1-12-9-6-4-8(11(14)15-3)5-7-10(9)13-2/h4-7H,1-3H3,(H,12,13). The summed E-state index contributed by atoms with van der Waals surface area (Å²) in [7, 11) is 4.87. The molecule has 1 N–H and O–H groups in total. The number of hydrogen-bond acceptors (Lipinski definition) is 4. The number of methoxy groups -OCH3 is 1. The smallest absolute Gasteiger partial charge is 0.337 e. The van der Waals surface area contributed by atoms with Gasteiger partial charge in [0.1, 0.15) is 0 Å². The number of anilines is 1. The van der Waals surface area contributed by atoms with Crippen molar-refractivity contribution < 1.29 is 9.53 Å². The summed E-state index contributed by atoms with van der Waals surface area (Å²) in [4.78, 5) is 15.4. The van der Waals surface area contributed by atoms with Crippen molar-refractivity contribution in [1.29, 1.82) is 0 Å². The summed E-state index contributed by atoms with van der Waals surface area (Å²) in [6.45, 7) is 0. The SMILES string of the molecule is CN=c1ccc(C(=O)OC)ccc1NC. The molecule has 0 fully saturated rings. The second kappa shape index (κ2) is 5.14. The lowest BCUT2D eigenvalue weighted by Gasteiger charge is -1.94. The average molecular weight is 206 g/mol. The van der Waals surface area contributed by atoms with E-state index in [1.54, 1.807) is 31.3 Å². The fraction of sp³-hybridized carbons (Fsp3) is 0.273. The van der Waals surface area contributed by atoms with E-state index in [1.807, 2.05) is 7.05 Å². The highest BCUT2D eigenvalue weighted by atomic mass is 16.5. The predicted octanol–water partition coefficient (Wildman–Crippen LogP) is 1.05. The van der Waals surface area contributed by atoms with E-state index in [0.717, 1.165) is 11.0 Å². The highest BCUT2D eigenvalue weighted by molar-refractivity contribution is 5.89. The highest BCUT2D eigenvalue weighted by Gasteiger charge is 2.02. The third-order valence-electron chi connectivity index (χ3n) is 2.06. The molecule has 1 aromatic rings. The van der Waals surface area contributed by atoms with Crippen molar-refractivity contribution in [3.63, 3.8) is 0 Å².